The van der Waals surface area contributed by atoms with Crippen LogP contribution in [0.5, 0.6) is 0 Å². The van der Waals surface area contributed by atoms with E-state index in [1.807, 2.05) is 5.92 Å². The Balaban J connectivity index is 2.19. The van der Waals surface area contributed by atoms with Crippen molar-refractivity contribution in [1.82, 2.24) is 14.5 Å². The number of aliphatic hydroxyl groups is 2. The number of alkyl halides is 1. The molecule has 2 aromatic rings. The summed E-state index contributed by atoms with van der Waals surface area (Å²) in [5.41, 5.74) is 2.41. The third kappa shape index (κ3) is 2.02. The summed E-state index contributed by atoms with van der Waals surface area (Å²) in [6.07, 6.45) is 0.510. The molecule has 4 atom stereocenters. The molecule has 0 bridgehead atoms. The van der Waals surface area contributed by atoms with Gasteiger partial charge in [0.15, 0.2) is 29.5 Å². The lowest BCUT2D eigenvalue weighted by atomic mass is 9.98. The number of halogens is 2. The first-order chi connectivity index (χ1) is 10.8. The third-order valence-corrected chi connectivity index (χ3v) is 3.81. The number of aliphatic hydroxyl groups excluding tert-OH is 2. The fourth-order valence-corrected chi connectivity index (χ4v) is 2.61. The van der Waals surface area contributed by atoms with Gasteiger partial charge in [-0.1, -0.05) is 5.92 Å². The minimum Gasteiger partial charge on any atom is -0.392 e. The van der Waals surface area contributed by atoms with E-state index in [0.717, 1.165) is 10.8 Å². The van der Waals surface area contributed by atoms with Gasteiger partial charge in [-0.15, -0.1) is 6.42 Å². The molecule has 1 aliphatic rings. The lowest BCUT2D eigenvalue weighted by Crippen LogP contribution is -2.44. The first kappa shape index (κ1) is 15.4. The Morgan fingerprint density at radius 3 is 2.91 bits per heavy atom. The summed E-state index contributed by atoms with van der Waals surface area (Å²) in [6.45, 7) is -0.848. The zero-order valence-electron chi connectivity index (χ0n) is 11.5. The van der Waals surface area contributed by atoms with Crippen molar-refractivity contribution in [3.8, 4) is 12.3 Å². The highest BCUT2D eigenvalue weighted by Crippen LogP contribution is 2.40. The summed E-state index contributed by atoms with van der Waals surface area (Å²) in [5, 5.41) is 19.0. The molecule has 1 aliphatic heterocycles. The Labute approximate surface area is 127 Å². The summed E-state index contributed by atoms with van der Waals surface area (Å²) in [5.74, 6) is 0.854. The molecule has 5 N–H and O–H groups in total. The predicted molar refractivity (Wildman–Crippen MR) is 74.4 cm³/mol. The number of nitrogen functional groups attached to an aromatic ring is 1. The molecule has 122 valence electrons. The number of anilines is 1. The molecule has 4 unspecified atom stereocenters. The Kier molecular flexibility index (Phi) is 3.36. The van der Waals surface area contributed by atoms with Crippen molar-refractivity contribution >= 4 is 16.9 Å². The van der Waals surface area contributed by atoms with E-state index in [1.54, 1.807) is 0 Å². The zero-order valence-corrected chi connectivity index (χ0v) is 11.5. The summed E-state index contributed by atoms with van der Waals surface area (Å²) < 4.78 is 34.6. The summed E-state index contributed by atoms with van der Waals surface area (Å²) in [6, 6.07) is 0. The van der Waals surface area contributed by atoms with Gasteiger partial charge in [-0.05, 0) is 0 Å². The second kappa shape index (κ2) is 5.02. The van der Waals surface area contributed by atoms with Gasteiger partial charge in [-0.25, -0.2) is 13.6 Å². The monoisotopic (exact) mass is 326 g/mol. The van der Waals surface area contributed by atoms with E-state index < -0.39 is 42.2 Å². The fourth-order valence-electron chi connectivity index (χ4n) is 2.61. The second-order valence-corrected chi connectivity index (χ2v) is 5.13. The maximum absolute atomic E-state index is 14.4. The van der Waals surface area contributed by atoms with Gasteiger partial charge in [0.1, 0.15) is 11.9 Å². The van der Waals surface area contributed by atoms with Crippen molar-refractivity contribution in [2.45, 2.75) is 24.1 Å². The predicted octanol–water partition coefficient (Wildman–Crippen LogP) is -0.962. The van der Waals surface area contributed by atoms with Crippen LogP contribution in [0.15, 0.2) is 11.0 Å². The average Bonchev–Trinajstić information content (AvgIpc) is 2.96. The van der Waals surface area contributed by atoms with Gasteiger partial charge in [-0.3, -0.25) is 9.55 Å². The average molecular weight is 326 g/mol. The largest absolute Gasteiger partial charge is 0.392 e. The zero-order chi connectivity index (χ0) is 16.9. The molecule has 1 fully saturated rings. The Bertz CT molecular complexity index is 873. The van der Waals surface area contributed by atoms with E-state index in [0.29, 0.717) is 0 Å². The van der Waals surface area contributed by atoms with E-state index in [2.05, 4.69) is 9.97 Å². The summed E-state index contributed by atoms with van der Waals surface area (Å²) in [4.78, 5) is 17.1. The van der Waals surface area contributed by atoms with Crippen molar-refractivity contribution in [2.75, 3.05) is 12.3 Å². The maximum Gasteiger partial charge on any atom is 0.348 e. The number of aromatic nitrogens is 3. The second-order valence-electron chi connectivity index (χ2n) is 5.13. The van der Waals surface area contributed by atoms with Crippen molar-refractivity contribution in [1.29, 1.82) is 0 Å². The van der Waals surface area contributed by atoms with Crippen LogP contribution in [0.2, 0.25) is 0 Å². The molecule has 0 aromatic carbocycles. The van der Waals surface area contributed by atoms with Gasteiger partial charge in [0.25, 0.3) is 0 Å². The van der Waals surface area contributed by atoms with Gasteiger partial charge in [0, 0.05) is 6.20 Å². The lowest BCUT2D eigenvalue weighted by Gasteiger charge is -2.23. The minimum absolute atomic E-state index is 0.225. The van der Waals surface area contributed by atoms with Crippen LogP contribution < -0.4 is 11.4 Å². The molecule has 23 heavy (non-hydrogen) atoms. The smallest absolute Gasteiger partial charge is 0.348 e. The number of terminal acetylenes is 1. The Hall–Kier alpha value is -2.48. The van der Waals surface area contributed by atoms with Gasteiger partial charge in [0.05, 0.1) is 12.0 Å². The quantitative estimate of drug-likeness (QED) is 0.527. The van der Waals surface area contributed by atoms with Crippen LogP contribution in [-0.2, 0) is 4.74 Å². The SMILES string of the molecule is C#CC1(CO)OC(n2cc(F)c3c(N)[nH]c(=O)nc32)C(F)C1O. The molecule has 0 spiro atoms. The highest BCUT2D eigenvalue weighted by Gasteiger charge is 2.55. The van der Waals surface area contributed by atoms with Crippen molar-refractivity contribution in [3.63, 3.8) is 0 Å². The first-order valence-electron chi connectivity index (χ1n) is 6.49. The van der Waals surface area contributed by atoms with Crippen LogP contribution in [0.25, 0.3) is 11.0 Å². The van der Waals surface area contributed by atoms with Crippen LogP contribution in [0, 0.1) is 18.2 Å². The summed E-state index contributed by atoms with van der Waals surface area (Å²) >= 11 is 0. The van der Waals surface area contributed by atoms with Crippen molar-refractivity contribution in [2.24, 2.45) is 0 Å². The number of hydrogen-bond donors (Lipinski definition) is 4. The fraction of sp³-hybridized carbons (Fsp3) is 0.385. The molecular formula is C13H12F2N4O4. The van der Waals surface area contributed by atoms with Crippen LogP contribution in [0.1, 0.15) is 6.23 Å². The molecule has 0 aliphatic carbocycles. The number of nitrogens with zero attached hydrogens (tertiary/aromatic N) is 2. The standard InChI is InChI=1S/C13H12F2N4O4/c1-2-13(4-20)8(21)7(15)11(23-13)19-3-5(14)6-9(16)17-12(22)18-10(6)19/h1,3,7-8,11,20-21H,4H2,(H3,16,17,18,22). The lowest BCUT2D eigenvalue weighted by molar-refractivity contribution is -0.0899. The molecular weight excluding hydrogens is 314 g/mol. The molecule has 2 aromatic heterocycles. The molecule has 0 amide bonds. The highest BCUT2D eigenvalue weighted by molar-refractivity contribution is 5.86. The number of hydrogen-bond acceptors (Lipinski definition) is 6. The first-order valence-corrected chi connectivity index (χ1v) is 6.49. The number of H-pyrrole nitrogens is 1. The highest BCUT2D eigenvalue weighted by atomic mass is 19.1. The topological polar surface area (TPSA) is 126 Å². The molecule has 0 saturated carbocycles. The molecule has 0 radical (unpaired) electrons. The van der Waals surface area contributed by atoms with Crippen molar-refractivity contribution < 1.29 is 23.7 Å². The number of fused-ring (bicyclic) bond motifs is 1. The number of nitrogens with one attached hydrogen (secondary N) is 1. The number of rotatable bonds is 2. The van der Waals surface area contributed by atoms with E-state index in [9.17, 15) is 23.8 Å². The van der Waals surface area contributed by atoms with E-state index in [4.69, 9.17) is 16.9 Å². The van der Waals surface area contributed by atoms with Gasteiger partial charge < -0.3 is 20.7 Å². The Morgan fingerprint density at radius 2 is 2.35 bits per heavy atom. The Morgan fingerprint density at radius 1 is 1.65 bits per heavy atom. The number of ether oxygens (including phenoxy) is 1. The minimum atomic E-state index is -2.09. The third-order valence-electron chi connectivity index (χ3n) is 3.81. The van der Waals surface area contributed by atoms with E-state index in [-0.39, 0.29) is 16.9 Å². The van der Waals surface area contributed by atoms with Crippen LogP contribution >= 0.6 is 0 Å². The summed E-state index contributed by atoms with van der Waals surface area (Å²) in [7, 11) is 0. The van der Waals surface area contributed by atoms with Gasteiger partial charge >= 0.3 is 5.69 Å². The molecule has 8 nitrogen and oxygen atoms in total. The van der Waals surface area contributed by atoms with E-state index in [1.165, 1.54) is 0 Å². The molecule has 10 heteroatoms. The van der Waals surface area contributed by atoms with Crippen LogP contribution in [-0.4, -0.2) is 49.2 Å². The van der Waals surface area contributed by atoms with Gasteiger partial charge in [-0.2, -0.15) is 4.98 Å². The van der Waals surface area contributed by atoms with Crippen LogP contribution in [0.3, 0.4) is 0 Å². The molecule has 3 heterocycles. The number of aromatic amines is 1. The van der Waals surface area contributed by atoms with E-state index >= 15 is 0 Å². The normalized spacial score (nSPS) is 30.7. The van der Waals surface area contributed by atoms with Crippen LogP contribution in [0.4, 0.5) is 14.6 Å². The number of nitrogens with two attached hydrogens (primary N) is 1. The van der Waals surface area contributed by atoms with Crippen molar-refractivity contribution in [3.05, 3.63) is 22.5 Å². The molecule has 1 saturated heterocycles. The van der Waals surface area contributed by atoms with Gasteiger partial charge in [0.2, 0.25) is 0 Å². The molecule has 3 rings (SSSR count). The maximum atomic E-state index is 14.4.